The highest BCUT2D eigenvalue weighted by atomic mass is 35.5. The molecule has 6 heteroatoms. The Bertz CT molecular complexity index is 858. The number of rotatable bonds is 3. The van der Waals surface area contributed by atoms with E-state index >= 15 is 0 Å². The molecule has 1 fully saturated rings. The molecule has 0 aliphatic carbocycles. The molecule has 2 aliphatic heterocycles. The van der Waals surface area contributed by atoms with Crippen molar-refractivity contribution in [1.82, 2.24) is 4.90 Å². The smallest absolute Gasteiger partial charge is 0.317 e. The van der Waals surface area contributed by atoms with E-state index in [0.717, 1.165) is 35.3 Å². The molecular weight excluding hydrogens is 366 g/mol. The summed E-state index contributed by atoms with van der Waals surface area (Å²) >= 11 is 0. The Morgan fingerprint density at radius 3 is 2.48 bits per heavy atom. The van der Waals surface area contributed by atoms with Crippen LogP contribution in [0.2, 0.25) is 0 Å². The van der Waals surface area contributed by atoms with E-state index in [1.54, 1.807) is 12.1 Å². The summed E-state index contributed by atoms with van der Waals surface area (Å²) in [4.78, 5) is 12.9. The van der Waals surface area contributed by atoms with Crippen LogP contribution in [0.15, 0.2) is 54.6 Å². The maximum absolute atomic E-state index is 11.0. The van der Waals surface area contributed by atoms with Crippen LogP contribution in [0.4, 0.5) is 0 Å². The zero-order valence-electron chi connectivity index (χ0n) is 14.8. The Balaban J connectivity index is 0.00000210. The van der Waals surface area contributed by atoms with Gasteiger partial charge < -0.3 is 14.9 Å². The van der Waals surface area contributed by atoms with Gasteiger partial charge in [0.15, 0.2) is 0 Å². The van der Waals surface area contributed by atoms with Gasteiger partial charge in [0.2, 0.25) is 0 Å². The van der Waals surface area contributed by atoms with Crippen molar-refractivity contribution in [3.8, 4) is 11.5 Å². The van der Waals surface area contributed by atoms with Gasteiger partial charge in [-0.3, -0.25) is 9.69 Å². The summed E-state index contributed by atoms with van der Waals surface area (Å²) in [5.74, 6) is 0.170. The minimum atomic E-state index is -0.799. The van der Waals surface area contributed by atoms with E-state index in [4.69, 9.17) is 9.84 Å². The summed E-state index contributed by atoms with van der Waals surface area (Å²) in [6, 6.07) is 15.3. The minimum absolute atomic E-state index is 0. The van der Waals surface area contributed by atoms with E-state index in [9.17, 15) is 9.90 Å². The second kappa shape index (κ2) is 7.62. The minimum Gasteiger partial charge on any atom is -0.508 e. The largest absolute Gasteiger partial charge is 0.508 e. The Morgan fingerprint density at radius 2 is 1.81 bits per heavy atom. The summed E-state index contributed by atoms with van der Waals surface area (Å²) < 4.78 is 6.36. The topological polar surface area (TPSA) is 70.0 Å². The van der Waals surface area contributed by atoms with E-state index < -0.39 is 11.6 Å². The molecular formula is C21H22ClNO4. The van der Waals surface area contributed by atoms with Crippen molar-refractivity contribution in [2.75, 3.05) is 19.6 Å². The SMILES string of the molecule is Cl.O=C(O)CN1CCC2(C=C(c3ccccc3)c3cc(O)ccc3O2)CC1. The summed E-state index contributed by atoms with van der Waals surface area (Å²) in [5.41, 5.74) is 2.57. The van der Waals surface area contributed by atoms with Crippen molar-refractivity contribution in [3.05, 3.63) is 65.7 Å². The van der Waals surface area contributed by atoms with Crippen LogP contribution in [-0.4, -0.2) is 46.3 Å². The Kier molecular flexibility index (Phi) is 5.44. The van der Waals surface area contributed by atoms with Crippen LogP contribution < -0.4 is 4.74 Å². The molecule has 2 aromatic carbocycles. The molecule has 4 rings (SSSR count). The predicted molar refractivity (Wildman–Crippen MR) is 106 cm³/mol. The van der Waals surface area contributed by atoms with Crippen molar-refractivity contribution >= 4 is 23.9 Å². The van der Waals surface area contributed by atoms with Gasteiger partial charge in [0.1, 0.15) is 17.1 Å². The number of carboxylic acid groups (broad SMARTS) is 1. The Morgan fingerprint density at radius 1 is 1.11 bits per heavy atom. The van der Waals surface area contributed by atoms with Crippen molar-refractivity contribution in [1.29, 1.82) is 0 Å². The molecule has 0 radical (unpaired) electrons. The van der Waals surface area contributed by atoms with Crippen LogP contribution in [0.1, 0.15) is 24.0 Å². The summed E-state index contributed by atoms with van der Waals surface area (Å²) in [7, 11) is 0. The van der Waals surface area contributed by atoms with Gasteiger partial charge in [-0.1, -0.05) is 30.3 Å². The molecule has 27 heavy (non-hydrogen) atoms. The lowest BCUT2D eigenvalue weighted by molar-refractivity contribution is -0.139. The summed E-state index contributed by atoms with van der Waals surface area (Å²) in [6.45, 7) is 1.42. The molecule has 0 bridgehead atoms. The number of hydrogen-bond acceptors (Lipinski definition) is 4. The summed E-state index contributed by atoms with van der Waals surface area (Å²) in [6.07, 6.45) is 3.62. The molecule has 2 aromatic rings. The van der Waals surface area contributed by atoms with E-state index in [1.807, 2.05) is 29.2 Å². The predicted octanol–water partition coefficient (Wildman–Crippen LogP) is 3.56. The fourth-order valence-corrected chi connectivity index (χ4v) is 3.79. The number of carbonyl (C=O) groups is 1. The second-order valence-corrected chi connectivity index (χ2v) is 6.94. The highest BCUT2D eigenvalue weighted by molar-refractivity contribution is 5.86. The third kappa shape index (κ3) is 3.94. The van der Waals surface area contributed by atoms with Crippen LogP contribution in [0.5, 0.6) is 11.5 Å². The zero-order valence-corrected chi connectivity index (χ0v) is 15.6. The van der Waals surface area contributed by atoms with Gasteiger partial charge in [0.25, 0.3) is 0 Å². The first-order valence-electron chi connectivity index (χ1n) is 8.79. The molecule has 0 saturated carbocycles. The number of ether oxygens (including phenoxy) is 1. The second-order valence-electron chi connectivity index (χ2n) is 6.94. The molecule has 1 spiro atoms. The molecule has 0 amide bonds. The van der Waals surface area contributed by atoms with Crippen LogP contribution in [-0.2, 0) is 4.79 Å². The fraction of sp³-hybridized carbons (Fsp3) is 0.286. The monoisotopic (exact) mass is 387 g/mol. The fourth-order valence-electron chi connectivity index (χ4n) is 3.79. The number of benzene rings is 2. The first-order chi connectivity index (χ1) is 12.5. The van der Waals surface area contributed by atoms with Crippen molar-refractivity contribution in [2.24, 2.45) is 0 Å². The highest BCUT2D eigenvalue weighted by Gasteiger charge is 2.39. The van der Waals surface area contributed by atoms with Gasteiger partial charge in [-0.05, 0) is 35.4 Å². The first kappa shape index (κ1) is 19.3. The maximum Gasteiger partial charge on any atom is 0.317 e. The molecule has 142 valence electrons. The van der Waals surface area contributed by atoms with Crippen molar-refractivity contribution < 1.29 is 19.7 Å². The zero-order chi connectivity index (χ0) is 18.1. The lowest BCUT2D eigenvalue weighted by Gasteiger charge is -2.42. The van der Waals surface area contributed by atoms with Crippen molar-refractivity contribution in [2.45, 2.75) is 18.4 Å². The number of piperidine rings is 1. The van der Waals surface area contributed by atoms with Crippen LogP contribution >= 0.6 is 12.4 Å². The number of aliphatic carboxylic acids is 1. The third-order valence-electron chi connectivity index (χ3n) is 5.12. The van der Waals surface area contributed by atoms with Crippen LogP contribution in [0.25, 0.3) is 5.57 Å². The maximum atomic E-state index is 11.0. The van der Waals surface area contributed by atoms with E-state index in [1.165, 1.54) is 0 Å². The molecule has 0 atom stereocenters. The Hall–Kier alpha value is -2.50. The van der Waals surface area contributed by atoms with Gasteiger partial charge in [0.05, 0.1) is 6.54 Å². The number of phenolic OH excluding ortho intramolecular Hbond substituents is 1. The Labute approximate surface area is 164 Å². The normalized spacial score (nSPS) is 18.0. The van der Waals surface area contributed by atoms with Gasteiger partial charge in [0, 0.05) is 31.5 Å². The van der Waals surface area contributed by atoms with Gasteiger partial charge >= 0.3 is 5.97 Å². The number of carboxylic acids is 1. The lowest BCUT2D eigenvalue weighted by Crippen LogP contribution is -2.49. The number of halogens is 1. The van der Waals surface area contributed by atoms with E-state index in [0.29, 0.717) is 13.1 Å². The quantitative estimate of drug-likeness (QED) is 0.842. The highest BCUT2D eigenvalue weighted by Crippen LogP contribution is 2.44. The molecule has 5 nitrogen and oxygen atoms in total. The summed E-state index contributed by atoms with van der Waals surface area (Å²) in [5, 5.41) is 18.9. The average molecular weight is 388 g/mol. The van der Waals surface area contributed by atoms with E-state index in [-0.39, 0.29) is 24.7 Å². The van der Waals surface area contributed by atoms with Crippen LogP contribution in [0.3, 0.4) is 0 Å². The number of fused-ring (bicyclic) bond motifs is 1. The first-order valence-corrected chi connectivity index (χ1v) is 8.79. The lowest BCUT2D eigenvalue weighted by atomic mass is 9.83. The van der Waals surface area contributed by atoms with Gasteiger partial charge in [-0.25, -0.2) is 0 Å². The van der Waals surface area contributed by atoms with Crippen molar-refractivity contribution in [3.63, 3.8) is 0 Å². The number of phenols is 1. The third-order valence-corrected chi connectivity index (χ3v) is 5.12. The number of hydrogen-bond donors (Lipinski definition) is 2. The average Bonchev–Trinajstić information content (AvgIpc) is 2.64. The number of aromatic hydroxyl groups is 1. The van der Waals surface area contributed by atoms with Crippen LogP contribution in [0, 0.1) is 0 Å². The molecule has 0 aromatic heterocycles. The molecule has 1 saturated heterocycles. The van der Waals surface area contributed by atoms with Gasteiger partial charge in [-0.2, -0.15) is 0 Å². The molecule has 2 aliphatic rings. The van der Waals surface area contributed by atoms with Gasteiger partial charge in [-0.15, -0.1) is 12.4 Å². The number of likely N-dealkylation sites (tertiary alicyclic amines) is 1. The van der Waals surface area contributed by atoms with E-state index in [2.05, 4.69) is 18.2 Å². The number of nitrogens with zero attached hydrogens (tertiary/aromatic N) is 1. The standard InChI is InChI=1S/C21H21NO4.ClH/c23-16-6-7-19-17(12-16)18(15-4-2-1-3-5-15)13-21(26-19)8-10-22(11-9-21)14-20(24)25;/h1-7,12-13,23H,8-11,14H2,(H,24,25);1H. The molecule has 0 unspecified atom stereocenters. The molecule has 2 N–H and O–H groups in total. The molecule has 2 heterocycles.